The molecule has 0 aliphatic rings. The van der Waals surface area contributed by atoms with Crippen LogP contribution in [0.5, 0.6) is 0 Å². The summed E-state index contributed by atoms with van der Waals surface area (Å²) in [5.41, 5.74) is 1.13. The topological polar surface area (TPSA) is 26.3 Å². The second-order valence-electron chi connectivity index (χ2n) is 7.05. The van der Waals surface area contributed by atoms with Gasteiger partial charge in [0.05, 0.1) is 0 Å². The summed E-state index contributed by atoms with van der Waals surface area (Å²) in [5.74, 6) is -0.0667. The van der Waals surface area contributed by atoms with Crippen LogP contribution < -0.4 is 0 Å². The van der Waals surface area contributed by atoms with Gasteiger partial charge in [0.1, 0.15) is 0 Å². The number of hydrogen-bond donors (Lipinski definition) is 0. The number of methoxy groups -OCH3 is 1. The summed E-state index contributed by atoms with van der Waals surface area (Å²) in [7, 11) is 1.54. The molecule has 0 N–H and O–H groups in total. The standard InChI is InChI=1S/C10H9O2.3C4H9.Sn/c1-12-10(11)8-7-9-5-3-2-4-6-9;3*1-3-4-2;/h2-7H,1H3;3*1,3-4H2,2H3;. The van der Waals surface area contributed by atoms with Gasteiger partial charge in [0.25, 0.3) is 0 Å². The van der Waals surface area contributed by atoms with Gasteiger partial charge in [-0.25, -0.2) is 0 Å². The van der Waals surface area contributed by atoms with Gasteiger partial charge in [0, 0.05) is 0 Å². The zero-order chi connectivity index (χ0) is 18.5. The predicted octanol–water partition coefficient (Wildman–Crippen LogP) is 6.63. The van der Waals surface area contributed by atoms with Gasteiger partial charge < -0.3 is 0 Å². The summed E-state index contributed by atoms with van der Waals surface area (Å²) in [6, 6.07) is 10.3. The number of esters is 1. The zero-order valence-corrected chi connectivity index (χ0v) is 19.5. The van der Waals surface area contributed by atoms with Crippen LogP contribution in [0.4, 0.5) is 0 Å². The van der Waals surface area contributed by atoms with E-state index in [0.29, 0.717) is 0 Å². The van der Waals surface area contributed by atoms with Crippen LogP contribution in [0.25, 0.3) is 6.08 Å². The summed E-state index contributed by atoms with van der Waals surface area (Å²) >= 11 is -2.79. The number of benzene rings is 1. The molecule has 0 radical (unpaired) electrons. The molecule has 1 aromatic rings. The molecular weight excluding hydrogens is 415 g/mol. The summed E-state index contributed by atoms with van der Waals surface area (Å²) in [5, 5.41) is 0. The second kappa shape index (κ2) is 12.6. The fourth-order valence-electron chi connectivity index (χ4n) is 3.58. The zero-order valence-electron chi connectivity index (χ0n) is 16.6. The number of rotatable bonds is 12. The first-order valence-corrected chi connectivity index (χ1v) is 17.5. The van der Waals surface area contributed by atoms with E-state index in [1.54, 1.807) is 0 Å². The maximum atomic E-state index is 12.8. The van der Waals surface area contributed by atoms with Gasteiger partial charge in [0.2, 0.25) is 0 Å². The van der Waals surface area contributed by atoms with Crippen molar-refractivity contribution in [3.8, 4) is 0 Å². The summed E-state index contributed by atoms with van der Waals surface area (Å²) in [6.07, 6.45) is 9.51. The van der Waals surface area contributed by atoms with Crippen LogP contribution in [0.3, 0.4) is 0 Å². The van der Waals surface area contributed by atoms with E-state index in [1.807, 2.05) is 18.2 Å². The Labute approximate surface area is 158 Å². The van der Waals surface area contributed by atoms with E-state index in [4.69, 9.17) is 4.74 Å². The Kier molecular flexibility index (Phi) is 11.2. The Bertz CT molecular complexity index is 500. The first-order chi connectivity index (χ1) is 12.1. The van der Waals surface area contributed by atoms with Crippen molar-refractivity contribution < 1.29 is 9.53 Å². The van der Waals surface area contributed by atoms with E-state index < -0.39 is 18.4 Å². The average Bonchev–Trinajstić information content (AvgIpc) is 2.66. The third-order valence-electron chi connectivity index (χ3n) is 5.11. The molecule has 0 aromatic heterocycles. The van der Waals surface area contributed by atoms with Crippen molar-refractivity contribution in [1.29, 1.82) is 0 Å². The molecule has 0 unspecified atom stereocenters. The minimum absolute atomic E-state index is 0.0667. The van der Waals surface area contributed by atoms with Gasteiger partial charge in [0.15, 0.2) is 0 Å². The summed E-state index contributed by atoms with van der Waals surface area (Å²) < 4.78 is 10.2. The maximum absolute atomic E-state index is 12.8. The predicted molar refractivity (Wildman–Crippen MR) is 111 cm³/mol. The van der Waals surface area contributed by atoms with Crippen LogP contribution in [0.15, 0.2) is 33.9 Å². The molecule has 0 amide bonds. The van der Waals surface area contributed by atoms with Crippen LogP contribution in [-0.2, 0) is 9.53 Å². The number of carbonyl (C=O) groups is 1. The van der Waals surface area contributed by atoms with Crippen LogP contribution in [-0.4, -0.2) is 31.5 Å². The average molecular weight is 451 g/mol. The first-order valence-electron chi connectivity index (χ1n) is 9.99. The molecule has 2 nitrogen and oxygen atoms in total. The Morgan fingerprint density at radius 3 is 1.80 bits per heavy atom. The molecule has 25 heavy (non-hydrogen) atoms. The van der Waals surface area contributed by atoms with Gasteiger partial charge in [-0.05, 0) is 0 Å². The molecule has 0 aliphatic heterocycles. The third kappa shape index (κ3) is 7.16. The number of ether oxygens (including phenoxy) is 1. The quantitative estimate of drug-likeness (QED) is 0.203. The van der Waals surface area contributed by atoms with Crippen molar-refractivity contribution in [3.05, 3.63) is 39.5 Å². The molecule has 0 atom stereocenters. The fraction of sp³-hybridized carbons (Fsp3) is 0.591. The van der Waals surface area contributed by atoms with Gasteiger partial charge in [-0.2, -0.15) is 0 Å². The van der Waals surface area contributed by atoms with Gasteiger partial charge in [-0.1, -0.05) is 0 Å². The van der Waals surface area contributed by atoms with Gasteiger partial charge in [-0.3, -0.25) is 0 Å². The molecule has 1 aromatic carbocycles. The molecule has 1 rings (SSSR count). The van der Waals surface area contributed by atoms with Crippen LogP contribution >= 0.6 is 0 Å². The van der Waals surface area contributed by atoms with Crippen LogP contribution in [0, 0.1) is 0 Å². The molecule has 3 heteroatoms. The molecule has 0 spiro atoms. The molecule has 0 fully saturated rings. The normalized spacial score (nSPS) is 12.2. The van der Waals surface area contributed by atoms with Crippen molar-refractivity contribution in [1.82, 2.24) is 0 Å². The van der Waals surface area contributed by atoms with Crippen molar-refractivity contribution in [2.24, 2.45) is 0 Å². The van der Waals surface area contributed by atoms with E-state index >= 15 is 0 Å². The molecule has 0 aliphatic carbocycles. The Morgan fingerprint density at radius 2 is 1.40 bits per heavy atom. The summed E-state index contributed by atoms with van der Waals surface area (Å²) in [6.45, 7) is 6.78. The Morgan fingerprint density at radius 1 is 0.920 bits per heavy atom. The van der Waals surface area contributed by atoms with E-state index in [9.17, 15) is 4.79 Å². The summed E-state index contributed by atoms with van der Waals surface area (Å²) in [4.78, 5) is 12.8. The van der Waals surface area contributed by atoms with E-state index in [2.05, 4.69) is 39.0 Å². The van der Waals surface area contributed by atoms with Crippen molar-refractivity contribution in [3.63, 3.8) is 0 Å². The van der Waals surface area contributed by atoms with Gasteiger partial charge in [-0.15, -0.1) is 0 Å². The number of carbonyl (C=O) groups excluding carboxylic acids is 1. The molecule has 140 valence electrons. The number of hydrogen-bond acceptors (Lipinski definition) is 2. The molecule has 0 saturated carbocycles. The first kappa shape index (κ1) is 22.3. The van der Waals surface area contributed by atoms with Crippen molar-refractivity contribution >= 4 is 30.4 Å². The third-order valence-corrected chi connectivity index (χ3v) is 20.6. The van der Waals surface area contributed by atoms with Crippen LogP contribution in [0.2, 0.25) is 13.3 Å². The molecular formula is C22H36O2Sn. The number of unbranched alkanes of at least 4 members (excludes halogenated alkanes) is 3. The van der Waals surface area contributed by atoms with Crippen molar-refractivity contribution in [2.45, 2.75) is 72.6 Å². The van der Waals surface area contributed by atoms with Crippen molar-refractivity contribution in [2.75, 3.05) is 7.11 Å². The fourth-order valence-corrected chi connectivity index (χ4v) is 19.7. The van der Waals surface area contributed by atoms with E-state index in [0.717, 1.165) is 9.15 Å². The van der Waals surface area contributed by atoms with E-state index in [-0.39, 0.29) is 5.97 Å². The second-order valence-corrected chi connectivity index (χ2v) is 20.2. The molecule has 0 heterocycles. The Hall–Kier alpha value is -0.771. The van der Waals surface area contributed by atoms with E-state index in [1.165, 1.54) is 58.9 Å². The van der Waals surface area contributed by atoms with Gasteiger partial charge >= 0.3 is 159 Å². The molecule has 0 saturated heterocycles. The Balaban J connectivity index is 3.37. The monoisotopic (exact) mass is 452 g/mol. The molecule has 0 bridgehead atoms. The van der Waals surface area contributed by atoms with Crippen LogP contribution in [0.1, 0.15) is 64.9 Å². The SMILES string of the molecule is CCC[CH2][Sn]([CH2]CCC)([CH2]CCC)/[C](=C\c1ccccc1)C(=O)OC. The minimum atomic E-state index is -2.79.